The van der Waals surface area contributed by atoms with Gasteiger partial charge >= 0.3 is 6.03 Å². The Hall–Kier alpha value is -3.49. The number of ether oxygens (including phenoxy) is 2. The molecule has 7 nitrogen and oxygen atoms in total. The van der Waals surface area contributed by atoms with Gasteiger partial charge in [-0.15, -0.1) is 6.58 Å². The lowest BCUT2D eigenvalue weighted by molar-refractivity contribution is -0.275. The molecule has 0 spiro atoms. The third-order valence-corrected chi connectivity index (χ3v) is 11.4. The van der Waals surface area contributed by atoms with Gasteiger partial charge in [-0.05, 0) is 97.2 Å². The van der Waals surface area contributed by atoms with E-state index in [1.807, 2.05) is 18.2 Å². The molecule has 5 aliphatic rings. The molecule has 1 aliphatic heterocycles. The van der Waals surface area contributed by atoms with Gasteiger partial charge in [0.05, 0.1) is 18.8 Å². The molecular formula is C41H51N3O4. The lowest BCUT2D eigenvalue weighted by atomic mass is 9.53. The van der Waals surface area contributed by atoms with E-state index in [9.17, 15) is 9.90 Å². The quantitative estimate of drug-likeness (QED) is 0.187. The van der Waals surface area contributed by atoms with E-state index in [0.717, 1.165) is 83.5 Å². The highest BCUT2D eigenvalue weighted by atomic mass is 16.7. The number of nitrogens with one attached hydrogen (secondary N) is 2. The normalized spacial score (nSPS) is 30.7. The fourth-order valence-electron chi connectivity index (χ4n) is 9.35. The summed E-state index contributed by atoms with van der Waals surface area (Å²) >= 11 is 0. The first-order chi connectivity index (χ1) is 23.3. The van der Waals surface area contributed by atoms with Gasteiger partial charge in [-0.1, -0.05) is 79.7 Å². The van der Waals surface area contributed by atoms with Gasteiger partial charge in [0.25, 0.3) is 0 Å². The van der Waals surface area contributed by atoms with Crippen LogP contribution in [-0.4, -0.2) is 47.8 Å². The number of hydrogen-bond acceptors (Lipinski definition) is 5. The maximum absolute atomic E-state index is 13.1. The van der Waals surface area contributed by atoms with E-state index in [4.69, 9.17) is 9.47 Å². The molecule has 8 rings (SSSR count). The van der Waals surface area contributed by atoms with Crippen LogP contribution in [0.1, 0.15) is 80.1 Å². The minimum Gasteiger partial charge on any atom is -0.392 e. The van der Waals surface area contributed by atoms with Crippen LogP contribution in [0.2, 0.25) is 0 Å². The SMILES string of the molecule is C=CCN(C)C[C@@H]1O[C@H](c2ccc(-c3cccc(CNC(=O)NC45CC6CC(CC(C6)C4)C5)c3)cc2)O[C@H](c2ccc(CO)cc2)[C@@H]1C. The Morgan fingerprint density at radius 1 is 0.917 bits per heavy atom. The summed E-state index contributed by atoms with van der Waals surface area (Å²) in [5.41, 5.74) is 6.23. The van der Waals surface area contributed by atoms with Crippen LogP contribution in [0.3, 0.4) is 0 Å². The van der Waals surface area contributed by atoms with Crippen molar-refractivity contribution in [2.45, 2.75) is 82.6 Å². The molecule has 4 saturated carbocycles. The third kappa shape index (κ3) is 7.25. The molecule has 3 N–H and O–H groups in total. The number of carbonyl (C=O) groups excluding carboxylic acids is 1. The number of amides is 2. The maximum Gasteiger partial charge on any atom is 0.315 e. The lowest BCUT2D eigenvalue weighted by Crippen LogP contribution is -2.61. The van der Waals surface area contributed by atoms with Crippen LogP contribution < -0.4 is 10.6 Å². The zero-order valence-corrected chi connectivity index (χ0v) is 28.4. The number of nitrogens with zero attached hydrogens (tertiary/aromatic N) is 1. The van der Waals surface area contributed by atoms with Crippen LogP contribution >= 0.6 is 0 Å². The monoisotopic (exact) mass is 649 g/mol. The third-order valence-electron chi connectivity index (χ3n) is 11.4. The fraction of sp³-hybridized carbons (Fsp3) is 0.488. The van der Waals surface area contributed by atoms with Gasteiger partial charge in [-0.2, -0.15) is 0 Å². The van der Waals surface area contributed by atoms with Crippen LogP contribution in [0.4, 0.5) is 4.79 Å². The van der Waals surface area contributed by atoms with Gasteiger partial charge in [-0.3, -0.25) is 0 Å². The maximum atomic E-state index is 13.1. The van der Waals surface area contributed by atoms with Crippen LogP contribution in [0.5, 0.6) is 0 Å². The summed E-state index contributed by atoms with van der Waals surface area (Å²) in [6, 6.07) is 24.8. The van der Waals surface area contributed by atoms with Crippen molar-refractivity contribution in [1.82, 2.24) is 15.5 Å². The average molecular weight is 650 g/mol. The summed E-state index contributed by atoms with van der Waals surface area (Å²) in [4.78, 5) is 15.3. The molecular weight excluding hydrogens is 598 g/mol. The zero-order valence-electron chi connectivity index (χ0n) is 28.4. The van der Waals surface area contributed by atoms with Gasteiger partial charge < -0.3 is 30.1 Å². The lowest BCUT2D eigenvalue weighted by Gasteiger charge is -2.56. The van der Waals surface area contributed by atoms with E-state index in [1.165, 1.54) is 19.3 Å². The molecule has 4 atom stereocenters. The molecule has 3 aromatic carbocycles. The summed E-state index contributed by atoms with van der Waals surface area (Å²) < 4.78 is 13.3. The first kappa shape index (κ1) is 33.0. The Morgan fingerprint density at radius 2 is 1.58 bits per heavy atom. The number of rotatable bonds is 11. The minimum absolute atomic E-state index is 0.0122. The molecule has 254 valence electrons. The van der Waals surface area contributed by atoms with Gasteiger partial charge in [0, 0.05) is 36.7 Å². The zero-order chi connectivity index (χ0) is 33.3. The van der Waals surface area contributed by atoms with Crippen LogP contribution in [0.15, 0.2) is 85.5 Å². The van der Waals surface area contributed by atoms with Crippen molar-refractivity contribution in [3.8, 4) is 11.1 Å². The van der Waals surface area contributed by atoms with E-state index in [0.29, 0.717) is 6.54 Å². The molecule has 0 unspecified atom stereocenters. The van der Waals surface area contributed by atoms with Gasteiger partial charge in [0.15, 0.2) is 6.29 Å². The fourth-order valence-corrected chi connectivity index (χ4v) is 9.35. The summed E-state index contributed by atoms with van der Waals surface area (Å²) in [5, 5.41) is 16.1. The van der Waals surface area contributed by atoms with Gasteiger partial charge in [0.2, 0.25) is 0 Å². The molecule has 0 aromatic heterocycles. The predicted molar refractivity (Wildman–Crippen MR) is 189 cm³/mol. The van der Waals surface area contributed by atoms with Crippen molar-refractivity contribution in [1.29, 1.82) is 0 Å². The molecule has 5 fully saturated rings. The first-order valence-corrected chi connectivity index (χ1v) is 17.8. The van der Waals surface area contributed by atoms with E-state index in [2.05, 4.69) is 96.7 Å². The van der Waals surface area contributed by atoms with Crippen LogP contribution in [0, 0.1) is 23.7 Å². The van der Waals surface area contributed by atoms with Crippen molar-refractivity contribution in [2.24, 2.45) is 23.7 Å². The summed E-state index contributed by atoms with van der Waals surface area (Å²) in [6.45, 7) is 8.14. The Bertz CT molecular complexity index is 1540. The van der Waals surface area contributed by atoms with Crippen LogP contribution in [0.25, 0.3) is 11.1 Å². The predicted octanol–water partition coefficient (Wildman–Crippen LogP) is 7.52. The van der Waals surface area contributed by atoms with Crippen molar-refractivity contribution in [3.05, 3.63) is 108 Å². The van der Waals surface area contributed by atoms with Gasteiger partial charge in [-0.25, -0.2) is 4.79 Å². The topological polar surface area (TPSA) is 83.1 Å². The number of hydrogen-bond donors (Lipinski definition) is 3. The smallest absolute Gasteiger partial charge is 0.315 e. The molecule has 4 aliphatic carbocycles. The van der Waals surface area contributed by atoms with Crippen molar-refractivity contribution < 1.29 is 19.4 Å². The van der Waals surface area contributed by atoms with E-state index >= 15 is 0 Å². The molecule has 1 saturated heterocycles. The highest BCUT2D eigenvalue weighted by molar-refractivity contribution is 5.75. The Kier molecular flexibility index (Phi) is 9.75. The Morgan fingerprint density at radius 3 is 2.23 bits per heavy atom. The minimum atomic E-state index is -0.511. The number of likely N-dealkylation sites (N-methyl/N-ethyl adjacent to an activating group) is 1. The molecule has 4 bridgehead atoms. The second-order valence-electron chi connectivity index (χ2n) is 15.2. The second-order valence-corrected chi connectivity index (χ2v) is 15.2. The summed E-state index contributed by atoms with van der Waals surface area (Å²) in [7, 11) is 2.08. The highest BCUT2D eigenvalue weighted by Crippen LogP contribution is 2.55. The number of urea groups is 1. The summed E-state index contributed by atoms with van der Waals surface area (Å²) in [5.74, 6) is 2.53. The summed E-state index contributed by atoms with van der Waals surface area (Å²) in [6.07, 6.45) is 8.76. The second kappa shape index (κ2) is 14.2. The molecule has 2 amide bonds. The Labute approximate surface area is 285 Å². The number of carbonyl (C=O) groups is 1. The van der Waals surface area contributed by atoms with E-state index in [-0.39, 0.29) is 36.3 Å². The largest absolute Gasteiger partial charge is 0.392 e. The van der Waals surface area contributed by atoms with Crippen molar-refractivity contribution in [3.63, 3.8) is 0 Å². The van der Waals surface area contributed by atoms with Gasteiger partial charge in [0.1, 0.15) is 0 Å². The molecule has 3 aromatic rings. The molecule has 7 heteroatoms. The van der Waals surface area contributed by atoms with Crippen molar-refractivity contribution >= 4 is 6.03 Å². The van der Waals surface area contributed by atoms with E-state index in [1.54, 1.807) is 0 Å². The Balaban J connectivity index is 1.01. The standard InChI is InChI=1S/C41H51N3O4/c1-4-16-44(3)25-37-27(2)38(34-10-8-28(26-45)9-11-34)48-39(47-37)35-14-12-33(13-15-35)36-7-5-6-29(20-36)24-42-40(46)43-41-21-30-17-31(22-41)19-32(18-30)23-41/h4-15,20,27,30-32,37-39,45H,1,16-19,21-26H2,2-3H3,(H2,42,43,46)/t27-,30?,31?,32?,37+,38+,39+,41?/m1/s1. The molecule has 0 radical (unpaired) electrons. The number of benzene rings is 3. The van der Waals surface area contributed by atoms with Crippen LogP contribution in [-0.2, 0) is 22.6 Å². The first-order valence-electron chi connectivity index (χ1n) is 17.8. The molecule has 48 heavy (non-hydrogen) atoms. The highest BCUT2D eigenvalue weighted by Gasteiger charge is 2.51. The molecule has 1 heterocycles. The average Bonchev–Trinajstić information content (AvgIpc) is 3.08. The van der Waals surface area contributed by atoms with E-state index < -0.39 is 6.29 Å². The number of aliphatic hydroxyl groups is 1. The van der Waals surface area contributed by atoms with Crippen molar-refractivity contribution in [2.75, 3.05) is 20.1 Å². The number of aliphatic hydroxyl groups excluding tert-OH is 1.